The van der Waals surface area contributed by atoms with Gasteiger partial charge in [0.15, 0.2) is 0 Å². The fourth-order valence-electron chi connectivity index (χ4n) is 1.12. The van der Waals surface area contributed by atoms with Gasteiger partial charge in [0.1, 0.15) is 5.60 Å². The Hall–Kier alpha value is -0.570. The van der Waals surface area contributed by atoms with Crippen LogP contribution in [0.4, 0.5) is 0 Å². The van der Waals surface area contributed by atoms with Crippen molar-refractivity contribution in [2.75, 3.05) is 6.54 Å². The van der Waals surface area contributed by atoms with Crippen molar-refractivity contribution in [3.05, 3.63) is 0 Å². The molecule has 0 aliphatic rings. The lowest BCUT2D eigenvalue weighted by Crippen LogP contribution is -2.27. The van der Waals surface area contributed by atoms with E-state index in [0.29, 0.717) is 6.54 Å². The molecule has 2 N–H and O–H groups in total. The molecule has 0 aromatic heterocycles. The van der Waals surface area contributed by atoms with Gasteiger partial charge in [0.2, 0.25) is 0 Å². The molecule has 84 valence electrons. The number of hydrogen-bond acceptors (Lipinski definition) is 3. The summed E-state index contributed by atoms with van der Waals surface area (Å²) >= 11 is 0. The molecule has 3 nitrogen and oxygen atoms in total. The first-order chi connectivity index (χ1) is 6.37. The lowest BCUT2D eigenvalue weighted by Gasteiger charge is -2.22. The molecule has 0 bridgehead atoms. The van der Waals surface area contributed by atoms with E-state index in [1.165, 1.54) is 0 Å². The molecular weight excluding hydrogens is 178 g/mol. The highest BCUT2D eigenvalue weighted by Crippen LogP contribution is 2.15. The van der Waals surface area contributed by atoms with E-state index in [4.69, 9.17) is 10.5 Å². The minimum Gasteiger partial charge on any atom is -0.460 e. The van der Waals surface area contributed by atoms with Crippen molar-refractivity contribution < 1.29 is 9.53 Å². The predicted octanol–water partition coefficient (Wildman–Crippen LogP) is 2.09. The van der Waals surface area contributed by atoms with Crippen molar-refractivity contribution in [3.63, 3.8) is 0 Å². The molecule has 0 heterocycles. The molecule has 0 amide bonds. The third-order valence-electron chi connectivity index (χ3n) is 1.90. The zero-order valence-corrected chi connectivity index (χ0v) is 9.80. The Balaban J connectivity index is 3.77. The van der Waals surface area contributed by atoms with Crippen LogP contribution in [0.2, 0.25) is 0 Å². The van der Waals surface area contributed by atoms with Crippen LogP contribution in [0.3, 0.4) is 0 Å². The Labute approximate surface area is 87.0 Å². The molecule has 1 atom stereocenters. The van der Waals surface area contributed by atoms with Crippen LogP contribution in [0.1, 0.15) is 47.0 Å². The Bertz CT molecular complexity index is 173. The normalized spacial score (nSPS) is 13.8. The number of hydrogen-bond donors (Lipinski definition) is 1. The zero-order valence-electron chi connectivity index (χ0n) is 9.80. The minimum atomic E-state index is -0.376. The van der Waals surface area contributed by atoms with E-state index in [1.807, 2.05) is 27.7 Å². The number of ether oxygens (including phenoxy) is 1. The number of esters is 1. The SMILES string of the molecule is CC(CCCCN)C(=O)OC(C)(C)C. The summed E-state index contributed by atoms with van der Waals surface area (Å²) < 4.78 is 5.26. The Morgan fingerprint density at radius 1 is 1.36 bits per heavy atom. The summed E-state index contributed by atoms with van der Waals surface area (Å²) in [6.45, 7) is 8.26. The summed E-state index contributed by atoms with van der Waals surface area (Å²) in [6.07, 6.45) is 2.84. The molecule has 0 saturated heterocycles. The molecule has 0 radical (unpaired) electrons. The maximum absolute atomic E-state index is 11.5. The van der Waals surface area contributed by atoms with Gasteiger partial charge in [-0.2, -0.15) is 0 Å². The van der Waals surface area contributed by atoms with Gasteiger partial charge in [-0.05, 0) is 40.2 Å². The van der Waals surface area contributed by atoms with Gasteiger partial charge in [-0.25, -0.2) is 0 Å². The van der Waals surface area contributed by atoms with Crippen LogP contribution in [0.15, 0.2) is 0 Å². The summed E-state index contributed by atoms with van der Waals surface area (Å²) in [7, 11) is 0. The molecule has 14 heavy (non-hydrogen) atoms. The van der Waals surface area contributed by atoms with Crippen molar-refractivity contribution in [1.82, 2.24) is 0 Å². The van der Waals surface area contributed by atoms with Crippen LogP contribution in [-0.2, 0) is 9.53 Å². The molecule has 0 saturated carbocycles. The summed E-state index contributed by atoms with van der Waals surface area (Å²) in [4.78, 5) is 11.5. The van der Waals surface area contributed by atoms with Gasteiger partial charge in [-0.3, -0.25) is 4.79 Å². The van der Waals surface area contributed by atoms with E-state index in [9.17, 15) is 4.79 Å². The van der Waals surface area contributed by atoms with Crippen molar-refractivity contribution in [2.24, 2.45) is 11.7 Å². The Morgan fingerprint density at radius 3 is 2.36 bits per heavy atom. The summed E-state index contributed by atoms with van der Waals surface area (Å²) in [5.74, 6) is -0.115. The second kappa shape index (κ2) is 6.02. The molecule has 3 heteroatoms. The predicted molar refractivity (Wildman–Crippen MR) is 57.9 cm³/mol. The first-order valence-corrected chi connectivity index (χ1v) is 5.29. The minimum absolute atomic E-state index is 0.0132. The molecular formula is C11H23NO2. The topological polar surface area (TPSA) is 52.3 Å². The first kappa shape index (κ1) is 13.4. The third kappa shape index (κ3) is 6.89. The number of nitrogens with two attached hydrogens (primary N) is 1. The van der Waals surface area contributed by atoms with Gasteiger partial charge in [0.25, 0.3) is 0 Å². The number of rotatable bonds is 5. The van der Waals surface area contributed by atoms with Gasteiger partial charge < -0.3 is 10.5 Å². The van der Waals surface area contributed by atoms with Crippen molar-refractivity contribution >= 4 is 5.97 Å². The quantitative estimate of drug-likeness (QED) is 0.547. The zero-order chi connectivity index (χ0) is 11.2. The van der Waals surface area contributed by atoms with Crippen LogP contribution in [-0.4, -0.2) is 18.1 Å². The fourth-order valence-corrected chi connectivity index (χ4v) is 1.12. The third-order valence-corrected chi connectivity index (χ3v) is 1.90. The maximum atomic E-state index is 11.5. The highest BCUT2D eigenvalue weighted by molar-refractivity contribution is 5.72. The highest BCUT2D eigenvalue weighted by atomic mass is 16.6. The summed E-state index contributed by atoms with van der Waals surface area (Å²) in [5.41, 5.74) is 5.00. The van der Waals surface area contributed by atoms with Crippen LogP contribution in [0.5, 0.6) is 0 Å². The van der Waals surface area contributed by atoms with Crippen LogP contribution >= 0.6 is 0 Å². The second-order valence-electron chi connectivity index (χ2n) is 4.72. The van der Waals surface area contributed by atoms with E-state index in [-0.39, 0.29) is 17.5 Å². The Kier molecular flexibility index (Phi) is 5.77. The van der Waals surface area contributed by atoms with Crippen LogP contribution < -0.4 is 5.73 Å². The van der Waals surface area contributed by atoms with Gasteiger partial charge in [-0.1, -0.05) is 13.3 Å². The van der Waals surface area contributed by atoms with Crippen molar-refractivity contribution in [2.45, 2.75) is 52.6 Å². The van der Waals surface area contributed by atoms with E-state index in [1.54, 1.807) is 0 Å². The van der Waals surface area contributed by atoms with Gasteiger partial charge in [-0.15, -0.1) is 0 Å². The first-order valence-electron chi connectivity index (χ1n) is 5.29. The molecule has 0 rings (SSSR count). The molecule has 0 fully saturated rings. The average Bonchev–Trinajstić information content (AvgIpc) is 2.01. The smallest absolute Gasteiger partial charge is 0.309 e. The van der Waals surface area contributed by atoms with Crippen molar-refractivity contribution in [1.29, 1.82) is 0 Å². The summed E-state index contributed by atoms with van der Waals surface area (Å²) in [5, 5.41) is 0. The lowest BCUT2D eigenvalue weighted by atomic mass is 10.0. The standard InChI is InChI=1S/C11H23NO2/c1-9(7-5-6-8-12)10(13)14-11(2,3)4/h9H,5-8,12H2,1-4H3. The summed E-state index contributed by atoms with van der Waals surface area (Å²) in [6, 6.07) is 0. The largest absolute Gasteiger partial charge is 0.460 e. The van der Waals surface area contributed by atoms with E-state index >= 15 is 0 Å². The second-order valence-corrected chi connectivity index (χ2v) is 4.72. The van der Waals surface area contributed by atoms with Crippen LogP contribution in [0.25, 0.3) is 0 Å². The van der Waals surface area contributed by atoms with E-state index < -0.39 is 0 Å². The monoisotopic (exact) mass is 201 g/mol. The molecule has 0 aromatic rings. The number of carbonyl (C=O) groups excluding carboxylic acids is 1. The molecule has 1 unspecified atom stereocenters. The maximum Gasteiger partial charge on any atom is 0.309 e. The molecule has 0 aromatic carbocycles. The molecule has 0 aliphatic carbocycles. The highest BCUT2D eigenvalue weighted by Gasteiger charge is 2.20. The van der Waals surface area contributed by atoms with Crippen LogP contribution in [0, 0.1) is 5.92 Å². The molecule has 0 spiro atoms. The van der Waals surface area contributed by atoms with Gasteiger partial charge in [0, 0.05) is 0 Å². The molecule has 0 aliphatic heterocycles. The van der Waals surface area contributed by atoms with E-state index in [0.717, 1.165) is 19.3 Å². The fraction of sp³-hybridized carbons (Fsp3) is 0.909. The van der Waals surface area contributed by atoms with Gasteiger partial charge >= 0.3 is 5.97 Å². The lowest BCUT2D eigenvalue weighted by molar-refractivity contribution is -0.159. The van der Waals surface area contributed by atoms with Gasteiger partial charge in [0.05, 0.1) is 5.92 Å². The van der Waals surface area contributed by atoms with Crippen molar-refractivity contribution in [3.8, 4) is 0 Å². The average molecular weight is 201 g/mol. The van der Waals surface area contributed by atoms with E-state index in [2.05, 4.69) is 0 Å². The number of unbranched alkanes of at least 4 members (excludes halogenated alkanes) is 1. The Morgan fingerprint density at radius 2 is 1.93 bits per heavy atom. The number of carbonyl (C=O) groups is 1.